The molecule has 2 N–H and O–H groups in total. The minimum Gasteiger partial charge on any atom is -0.324 e. The van der Waals surface area contributed by atoms with Gasteiger partial charge in [-0.2, -0.15) is 13.2 Å². The number of anilines is 2. The van der Waals surface area contributed by atoms with Crippen molar-refractivity contribution in [2.75, 3.05) is 15.9 Å². The van der Waals surface area contributed by atoms with E-state index in [1.165, 1.54) is 49.4 Å². The van der Waals surface area contributed by atoms with Crippen LogP contribution in [0.2, 0.25) is 0 Å². The molecule has 0 aliphatic rings. The third-order valence-electron chi connectivity index (χ3n) is 6.23. The van der Waals surface area contributed by atoms with E-state index in [-0.39, 0.29) is 28.5 Å². The molecule has 4 aromatic rings. The SMILES string of the molecule is Cc1[nH]c(=O)c(C(=O)N(Cc2ccc(S(C)(=O)=O)cc2)c2cccc(C(F)(F)F)c2)cc1S(=O)(=O)Nc1ccc(Br)cc1. The van der Waals surface area contributed by atoms with Crippen LogP contribution in [0, 0.1) is 6.92 Å². The van der Waals surface area contributed by atoms with Crippen molar-refractivity contribution in [2.24, 2.45) is 0 Å². The number of H-pyrrole nitrogens is 1. The maximum atomic E-state index is 13.9. The van der Waals surface area contributed by atoms with Gasteiger partial charge in [-0.15, -0.1) is 0 Å². The molecule has 0 spiro atoms. The lowest BCUT2D eigenvalue weighted by Crippen LogP contribution is -2.35. The summed E-state index contributed by atoms with van der Waals surface area (Å²) in [6, 6.07) is 16.2. The molecule has 0 bridgehead atoms. The second-order valence-electron chi connectivity index (χ2n) is 9.47. The van der Waals surface area contributed by atoms with Crippen LogP contribution >= 0.6 is 15.9 Å². The van der Waals surface area contributed by atoms with Crippen LogP contribution in [-0.2, 0) is 32.6 Å². The summed E-state index contributed by atoms with van der Waals surface area (Å²) in [6.45, 7) is 0.941. The molecule has 15 heteroatoms. The number of sulfonamides is 1. The van der Waals surface area contributed by atoms with Crippen LogP contribution in [-0.4, -0.2) is 34.0 Å². The molecular formula is C28H23BrF3N3O6S2. The Hall–Kier alpha value is -3.95. The number of rotatable bonds is 8. The number of amides is 1. The molecule has 0 fully saturated rings. The summed E-state index contributed by atoms with van der Waals surface area (Å²) in [4.78, 5) is 29.6. The molecule has 0 radical (unpaired) electrons. The Morgan fingerprint density at radius 2 is 1.58 bits per heavy atom. The molecule has 226 valence electrons. The average Bonchev–Trinajstić information content (AvgIpc) is 2.92. The van der Waals surface area contributed by atoms with Gasteiger partial charge in [-0.3, -0.25) is 14.3 Å². The third kappa shape index (κ3) is 7.53. The Balaban J connectivity index is 1.80. The molecular weight excluding hydrogens is 675 g/mol. The van der Waals surface area contributed by atoms with E-state index < -0.39 is 53.5 Å². The molecule has 0 saturated heterocycles. The number of aromatic nitrogens is 1. The van der Waals surface area contributed by atoms with Crippen LogP contribution < -0.4 is 15.2 Å². The normalized spacial score (nSPS) is 12.1. The van der Waals surface area contributed by atoms with E-state index in [0.29, 0.717) is 10.0 Å². The Bertz CT molecular complexity index is 1960. The number of pyridine rings is 1. The zero-order chi connectivity index (χ0) is 31.7. The number of nitrogens with zero attached hydrogens (tertiary/aromatic N) is 1. The van der Waals surface area contributed by atoms with Crippen LogP contribution in [0.1, 0.15) is 27.2 Å². The monoisotopic (exact) mass is 697 g/mol. The number of halogens is 4. The Kier molecular flexibility index (Phi) is 8.90. The lowest BCUT2D eigenvalue weighted by molar-refractivity contribution is -0.137. The number of alkyl halides is 3. The van der Waals surface area contributed by atoms with Crippen LogP contribution in [0.5, 0.6) is 0 Å². The fraction of sp³-hybridized carbons (Fsp3) is 0.143. The van der Waals surface area contributed by atoms with Crippen LogP contribution in [0.4, 0.5) is 24.5 Å². The molecule has 4 rings (SSSR count). The first kappa shape index (κ1) is 32.0. The van der Waals surface area contributed by atoms with Crippen molar-refractivity contribution in [2.45, 2.75) is 29.4 Å². The maximum Gasteiger partial charge on any atom is 0.416 e. The molecule has 0 aliphatic heterocycles. The second kappa shape index (κ2) is 12.0. The van der Waals surface area contributed by atoms with Crippen LogP contribution in [0.25, 0.3) is 0 Å². The molecule has 1 aromatic heterocycles. The van der Waals surface area contributed by atoms with Crippen molar-refractivity contribution >= 4 is 53.1 Å². The van der Waals surface area contributed by atoms with Gasteiger partial charge in [0, 0.05) is 27.8 Å². The van der Waals surface area contributed by atoms with Gasteiger partial charge in [-0.1, -0.05) is 34.1 Å². The fourth-order valence-electron chi connectivity index (χ4n) is 4.07. The van der Waals surface area contributed by atoms with Gasteiger partial charge in [-0.05, 0) is 73.2 Å². The van der Waals surface area contributed by atoms with E-state index in [1.54, 1.807) is 12.1 Å². The molecule has 0 unspecified atom stereocenters. The number of carbonyl (C=O) groups excluding carboxylic acids is 1. The smallest absolute Gasteiger partial charge is 0.324 e. The van der Waals surface area contributed by atoms with Crippen molar-refractivity contribution in [3.63, 3.8) is 0 Å². The van der Waals surface area contributed by atoms with Crippen LogP contribution in [0.3, 0.4) is 0 Å². The third-order valence-corrected chi connectivity index (χ3v) is 9.39. The van der Waals surface area contributed by atoms with Gasteiger partial charge in [0.05, 0.1) is 17.0 Å². The Morgan fingerprint density at radius 3 is 2.16 bits per heavy atom. The number of carbonyl (C=O) groups is 1. The van der Waals surface area contributed by atoms with Crippen molar-refractivity contribution in [1.29, 1.82) is 0 Å². The van der Waals surface area contributed by atoms with Gasteiger partial charge < -0.3 is 9.88 Å². The van der Waals surface area contributed by atoms with Crippen molar-refractivity contribution in [3.05, 3.63) is 116 Å². The van der Waals surface area contributed by atoms with E-state index in [2.05, 4.69) is 25.6 Å². The Labute approximate surface area is 253 Å². The van der Waals surface area contributed by atoms with E-state index in [0.717, 1.165) is 35.4 Å². The minimum atomic E-state index is -4.75. The van der Waals surface area contributed by atoms with E-state index >= 15 is 0 Å². The summed E-state index contributed by atoms with van der Waals surface area (Å²) < 4.78 is 93.9. The zero-order valence-corrected chi connectivity index (χ0v) is 25.7. The molecule has 1 amide bonds. The topological polar surface area (TPSA) is 133 Å². The lowest BCUT2D eigenvalue weighted by Gasteiger charge is -2.24. The standard InChI is InChI=1S/C28H23BrF3N3O6S2/c1-17-25(43(40,41)34-21-10-8-20(29)9-11-21)15-24(26(36)33-17)27(37)35(22-5-3-4-19(14-22)28(30,31)32)16-18-6-12-23(13-7-18)42(2,38)39/h3-15,34H,16H2,1-2H3,(H,33,36). The summed E-state index contributed by atoms with van der Waals surface area (Å²) in [5.74, 6) is -1.09. The summed E-state index contributed by atoms with van der Waals surface area (Å²) in [6.07, 6.45) is -3.75. The summed E-state index contributed by atoms with van der Waals surface area (Å²) in [7, 11) is -7.89. The van der Waals surface area contributed by atoms with Gasteiger partial charge in [-0.25, -0.2) is 16.8 Å². The number of sulfone groups is 1. The summed E-state index contributed by atoms with van der Waals surface area (Å²) in [5, 5.41) is 0. The molecule has 0 aliphatic carbocycles. The highest BCUT2D eigenvalue weighted by molar-refractivity contribution is 9.10. The molecule has 9 nitrogen and oxygen atoms in total. The predicted molar refractivity (Wildman–Crippen MR) is 158 cm³/mol. The van der Waals surface area contributed by atoms with Gasteiger partial charge >= 0.3 is 6.18 Å². The Morgan fingerprint density at radius 1 is 0.953 bits per heavy atom. The number of aromatic amines is 1. The van der Waals surface area contributed by atoms with Crippen molar-refractivity contribution in [1.82, 2.24) is 4.98 Å². The summed E-state index contributed by atoms with van der Waals surface area (Å²) in [5.41, 5.74) is -2.45. The number of hydrogen-bond acceptors (Lipinski definition) is 6. The lowest BCUT2D eigenvalue weighted by atomic mass is 10.1. The fourth-order valence-corrected chi connectivity index (χ4v) is 6.25. The van der Waals surface area contributed by atoms with Crippen molar-refractivity contribution in [3.8, 4) is 0 Å². The van der Waals surface area contributed by atoms with Crippen LogP contribution in [0.15, 0.2) is 97.9 Å². The number of aryl methyl sites for hydroxylation is 1. The maximum absolute atomic E-state index is 13.9. The van der Waals surface area contributed by atoms with Gasteiger partial charge in [0.1, 0.15) is 10.5 Å². The van der Waals surface area contributed by atoms with E-state index in [9.17, 15) is 39.6 Å². The highest BCUT2D eigenvalue weighted by Gasteiger charge is 2.32. The molecule has 43 heavy (non-hydrogen) atoms. The predicted octanol–water partition coefficient (Wildman–Crippen LogP) is 5.52. The van der Waals surface area contributed by atoms with Gasteiger partial charge in [0.15, 0.2) is 9.84 Å². The average molecular weight is 699 g/mol. The highest BCUT2D eigenvalue weighted by Crippen LogP contribution is 2.33. The molecule has 1 heterocycles. The number of benzene rings is 3. The molecule has 0 atom stereocenters. The first-order chi connectivity index (χ1) is 20.0. The molecule has 0 saturated carbocycles. The highest BCUT2D eigenvalue weighted by atomic mass is 79.9. The van der Waals surface area contributed by atoms with Gasteiger partial charge in [0.2, 0.25) is 0 Å². The first-order valence-electron chi connectivity index (χ1n) is 12.3. The first-order valence-corrected chi connectivity index (χ1v) is 16.4. The number of hydrogen-bond donors (Lipinski definition) is 2. The second-order valence-corrected chi connectivity index (χ2v) is 14.1. The molecule has 3 aromatic carbocycles. The van der Waals surface area contributed by atoms with E-state index in [1.807, 2.05) is 0 Å². The minimum absolute atomic E-state index is 0.0173. The zero-order valence-electron chi connectivity index (χ0n) is 22.4. The van der Waals surface area contributed by atoms with E-state index in [4.69, 9.17) is 0 Å². The van der Waals surface area contributed by atoms with Crippen molar-refractivity contribution < 1.29 is 34.8 Å². The summed E-state index contributed by atoms with van der Waals surface area (Å²) >= 11 is 3.25. The largest absolute Gasteiger partial charge is 0.416 e. The van der Waals surface area contributed by atoms with Gasteiger partial charge in [0.25, 0.3) is 21.5 Å². The number of nitrogens with one attached hydrogen (secondary N) is 2. The quantitative estimate of drug-likeness (QED) is 0.249.